The summed E-state index contributed by atoms with van der Waals surface area (Å²) in [6.45, 7) is 0.670. The summed E-state index contributed by atoms with van der Waals surface area (Å²) in [4.78, 5) is 29.0. The van der Waals surface area contributed by atoms with Crippen LogP contribution in [0.1, 0.15) is 11.1 Å². The third-order valence-corrected chi connectivity index (χ3v) is 5.65. The number of rotatable bonds is 9. The first-order chi connectivity index (χ1) is 16.7. The molecule has 35 heavy (non-hydrogen) atoms. The first-order valence-electron chi connectivity index (χ1n) is 10.8. The molecule has 0 radical (unpaired) electrons. The fraction of sp³-hybridized carbons (Fsp3) is 0.348. The Morgan fingerprint density at radius 2 is 1.71 bits per heavy atom. The number of methoxy groups -OCH3 is 2. The second-order valence-electron chi connectivity index (χ2n) is 7.90. The number of H-pyrrole nitrogens is 1. The zero-order valence-corrected chi connectivity index (χ0v) is 19.1. The molecule has 0 fully saturated rings. The lowest BCUT2D eigenvalue weighted by Gasteiger charge is -2.12. The number of ether oxygens (including phenoxy) is 2. The summed E-state index contributed by atoms with van der Waals surface area (Å²) in [5.41, 5.74) is 0.0665. The van der Waals surface area contributed by atoms with E-state index in [9.17, 15) is 22.8 Å². The Hall–Kier alpha value is -3.64. The molecule has 1 aromatic carbocycles. The maximum absolute atomic E-state index is 13.3. The molecule has 4 aromatic rings. The largest absolute Gasteiger partial charge is 0.416 e. The van der Waals surface area contributed by atoms with E-state index in [1.807, 2.05) is 0 Å². The molecule has 1 N–H and O–H groups in total. The van der Waals surface area contributed by atoms with E-state index in [1.165, 1.54) is 41.8 Å². The first-order valence-corrected chi connectivity index (χ1v) is 10.8. The maximum Gasteiger partial charge on any atom is 0.416 e. The Bertz CT molecular complexity index is 1450. The number of hydrogen-bond donors (Lipinski definition) is 1. The van der Waals surface area contributed by atoms with Crippen LogP contribution in [0.15, 0.2) is 52.3 Å². The molecule has 0 bridgehead atoms. The SMILES string of the molecule is COCCn1c(=O)c2[nH]c(-c3cnn(Cc4ccccc4C(F)(F)F)c3)cc2n(CCOC)c1=O. The summed E-state index contributed by atoms with van der Waals surface area (Å²) < 4.78 is 54.1. The number of fused-ring (bicyclic) bond motifs is 1. The molecule has 0 spiro atoms. The van der Waals surface area contributed by atoms with Crippen molar-refractivity contribution in [3.63, 3.8) is 0 Å². The van der Waals surface area contributed by atoms with Gasteiger partial charge in [-0.15, -0.1) is 0 Å². The van der Waals surface area contributed by atoms with Crippen LogP contribution in [0, 0.1) is 0 Å². The smallest absolute Gasteiger partial charge is 0.383 e. The first kappa shape index (κ1) is 24.5. The van der Waals surface area contributed by atoms with Gasteiger partial charge in [-0.05, 0) is 17.7 Å². The number of nitrogens with zero attached hydrogens (tertiary/aromatic N) is 4. The third kappa shape index (κ3) is 4.93. The molecule has 0 unspecified atom stereocenters. The number of nitrogens with one attached hydrogen (secondary N) is 1. The van der Waals surface area contributed by atoms with Crippen LogP contribution >= 0.6 is 0 Å². The van der Waals surface area contributed by atoms with Crippen LogP contribution in [0.5, 0.6) is 0 Å². The van der Waals surface area contributed by atoms with Crippen molar-refractivity contribution in [1.82, 2.24) is 23.9 Å². The van der Waals surface area contributed by atoms with Gasteiger partial charge in [-0.1, -0.05) is 18.2 Å². The lowest BCUT2D eigenvalue weighted by Crippen LogP contribution is -2.41. The highest BCUT2D eigenvalue weighted by molar-refractivity contribution is 5.82. The summed E-state index contributed by atoms with van der Waals surface area (Å²) in [6, 6.07) is 6.98. The Kier molecular flexibility index (Phi) is 6.94. The van der Waals surface area contributed by atoms with Crippen LogP contribution in [-0.2, 0) is 35.3 Å². The summed E-state index contributed by atoms with van der Waals surface area (Å²) in [6.07, 6.45) is -1.40. The number of hydrogen-bond acceptors (Lipinski definition) is 5. The van der Waals surface area contributed by atoms with Crippen LogP contribution in [0.2, 0.25) is 0 Å². The molecule has 0 aliphatic carbocycles. The van der Waals surface area contributed by atoms with E-state index in [-0.39, 0.29) is 43.9 Å². The molecule has 3 aromatic heterocycles. The predicted octanol–water partition coefficient (Wildman–Crippen LogP) is 2.71. The highest BCUT2D eigenvalue weighted by Gasteiger charge is 2.33. The van der Waals surface area contributed by atoms with Crippen LogP contribution in [0.3, 0.4) is 0 Å². The molecular weight excluding hydrogens is 467 g/mol. The van der Waals surface area contributed by atoms with E-state index in [0.717, 1.165) is 10.6 Å². The molecule has 0 aliphatic heterocycles. The highest BCUT2D eigenvalue weighted by Crippen LogP contribution is 2.32. The molecule has 12 heteroatoms. The second-order valence-corrected chi connectivity index (χ2v) is 7.90. The molecule has 0 saturated carbocycles. The van der Waals surface area contributed by atoms with Crippen LogP contribution in [0.25, 0.3) is 22.3 Å². The monoisotopic (exact) mass is 491 g/mol. The van der Waals surface area contributed by atoms with E-state index < -0.39 is 23.0 Å². The quantitative estimate of drug-likeness (QED) is 0.389. The zero-order valence-electron chi connectivity index (χ0n) is 19.1. The van der Waals surface area contributed by atoms with Gasteiger partial charge in [-0.2, -0.15) is 18.3 Å². The molecular formula is C23H24F3N5O4. The Labute approximate surface area is 197 Å². The molecule has 0 atom stereocenters. The molecule has 3 heterocycles. The van der Waals surface area contributed by atoms with Gasteiger partial charge in [0.05, 0.1) is 55.8 Å². The minimum atomic E-state index is -4.47. The summed E-state index contributed by atoms with van der Waals surface area (Å²) in [5, 5.41) is 4.19. The Balaban J connectivity index is 1.74. The fourth-order valence-corrected chi connectivity index (χ4v) is 3.92. The Morgan fingerprint density at radius 1 is 1.03 bits per heavy atom. The van der Waals surface area contributed by atoms with Crippen molar-refractivity contribution < 1.29 is 22.6 Å². The van der Waals surface area contributed by atoms with Crippen molar-refractivity contribution in [3.8, 4) is 11.3 Å². The summed E-state index contributed by atoms with van der Waals surface area (Å²) >= 11 is 0. The minimum absolute atomic E-state index is 0.0840. The van der Waals surface area contributed by atoms with Gasteiger partial charge in [-0.3, -0.25) is 18.6 Å². The lowest BCUT2D eigenvalue weighted by molar-refractivity contribution is -0.138. The average molecular weight is 491 g/mol. The predicted molar refractivity (Wildman–Crippen MR) is 122 cm³/mol. The van der Waals surface area contributed by atoms with Gasteiger partial charge in [0.25, 0.3) is 5.56 Å². The van der Waals surface area contributed by atoms with Crippen molar-refractivity contribution >= 4 is 11.0 Å². The third-order valence-electron chi connectivity index (χ3n) is 5.65. The molecule has 0 amide bonds. The number of alkyl halides is 3. The number of aromatic amines is 1. The van der Waals surface area contributed by atoms with E-state index in [2.05, 4.69) is 10.1 Å². The van der Waals surface area contributed by atoms with Gasteiger partial charge in [0.2, 0.25) is 0 Å². The maximum atomic E-state index is 13.3. The molecule has 186 valence electrons. The van der Waals surface area contributed by atoms with Gasteiger partial charge < -0.3 is 14.5 Å². The van der Waals surface area contributed by atoms with E-state index in [1.54, 1.807) is 18.3 Å². The van der Waals surface area contributed by atoms with Crippen molar-refractivity contribution in [2.24, 2.45) is 0 Å². The number of aromatic nitrogens is 5. The molecule has 4 rings (SSSR count). The van der Waals surface area contributed by atoms with Gasteiger partial charge in [-0.25, -0.2) is 4.79 Å². The normalized spacial score (nSPS) is 12.0. The van der Waals surface area contributed by atoms with Gasteiger partial charge in [0.15, 0.2) is 0 Å². The van der Waals surface area contributed by atoms with E-state index >= 15 is 0 Å². The zero-order chi connectivity index (χ0) is 25.2. The number of halogens is 3. The topological polar surface area (TPSA) is 96.1 Å². The highest BCUT2D eigenvalue weighted by atomic mass is 19.4. The number of benzene rings is 1. The van der Waals surface area contributed by atoms with Crippen LogP contribution in [0.4, 0.5) is 13.2 Å². The molecule has 0 aliphatic rings. The van der Waals surface area contributed by atoms with Crippen LogP contribution < -0.4 is 11.2 Å². The van der Waals surface area contributed by atoms with Crippen molar-refractivity contribution in [2.75, 3.05) is 27.4 Å². The van der Waals surface area contributed by atoms with Crippen molar-refractivity contribution in [3.05, 3.63) is 74.7 Å². The van der Waals surface area contributed by atoms with Gasteiger partial charge in [0, 0.05) is 26.0 Å². The van der Waals surface area contributed by atoms with Crippen LogP contribution in [-0.4, -0.2) is 51.3 Å². The second kappa shape index (κ2) is 9.92. The van der Waals surface area contributed by atoms with E-state index in [4.69, 9.17) is 9.47 Å². The van der Waals surface area contributed by atoms with E-state index in [0.29, 0.717) is 16.8 Å². The molecule has 0 saturated heterocycles. The standard InChI is InChI=1S/C23H24F3N5O4/c1-34-9-7-30-19-11-18(28-20(19)21(32)31(22(30)33)8-10-35-2)16-12-27-29(14-16)13-15-5-3-4-6-17(15)23(24,25)26/h3-6,11-12,14,28H,7-10,13H2,1-2H3. The molecule has 9 nitrogen and oxygen atoms in total. The summed E-state index contributed by atoms with van der Waals surface area (Å²) in [5.74, 6) is 0. The van der Waals surface area contributed by atoms with Gasteiger partial charge in [0.1, 0.15) is 5.52 Å². The average Bonchev–Trinajstić information content (AvgIpc) is 3.46. The minimum Gasteiger partial charge on any atom is -0.383 e. The van der Waals surface area contributed by atoms with Crippen molar-refractivity contribution in [2.45, 2.75) is 25.8 Å². The fourth-order valence-electron chi connectivity index (χ4n) is 3.92. The summed E-state index contributed by atoms with van der Waals surface area (Å²) in [7, 11) is 2.99. The Morgan fingerprint density at radius 3 is 2.40 bits per heavy atom. The van der Waals surface area contributed by atoms with Gasteiger partial charge >= 0.3 is 11.9 Å². The van der Waals surface area contributed by atoms with Crippen molar-refractivity contribution in [1.29, 1.82) is 0 Å². The lowest BCUT2D eigenvalue weighted by atomic mass is 10.1.